The van der Waals surface area contributed by atoms with E-state index in [1.165, 1.54) is 24.2 Å². The van der Waals surface area contributed by atoms with Crippen molar-refractivity contribution in [2.24, 2.45) is 0 Å². The maximum Gasteiger partial charge on any atom is 0.108 e. The smallest absolute Gasteiger partial charge is 0.108 e. The lowest BCUT2D eigenvalue weighted by Crippen LogP contribution is -2.26. The molecule has 0 bridgehead atoms. The van der Waals surface area contributed by atoms with Crippen LogP contribution in [-0.4, -0.2) is 16.3 Å². The number of aryl methyl sites for hydroxylation is 2. The zero-order chi connectivity index (χ0) is 12.2. The molecule has 3 rings (SSSR count). The molecule has 1 aliphatic rings. The van der Waals surface area contributed by atoms with Crippen LogP contribution >= 0.6 is 0 Å². The molecule has 2 aromatic rings. The van der Waals surface area contributed by atoms with Crippen LogP contribution in [0, 0.1) is 0 Å². The molecule has 0 aliphatic heterocycles. The standard InChI is InChI=1S/C14H19N3O/c1-4-13(12-6-11-18-14(12)5-1)15-7-2-9-17-10-3-8-16-17/h3,6,8,10-11,13,15H,1-2,4-5,7,9H2. The molecule has 2 heterocycles. The van der Waals surface area contributed by atoms with E-state index >= 15 is 0 Å². The SMILES string of the molecule is c1cnn(CCCNC2CCCc3occc32)c1. The highest BCUT2D eigenvalue weighted by Gasteiger charge is 2.21. The summed E-state index contributed by atoms with van der Waals surface area (Å²) in [6, 6.07) is 4.55. The molecule has 0 radical (unpaired) electrons. The molecule has 18 heavy (non-hydrogen) atoms. The second-order valence-electron chi connectivity index (χ2n) is 4.82. The van der Waals surface area contributed by atoms with E-state index in [4.69, 9.17) is 4.42 Å². The van der Waals surface area contributed by atoms with Crippen LogP contribution in [-0.2, 0) is 13.0 Å². The fourth-order valence-electron chi connectivity index (χ4n) is 2.65. The fourth-order valence-corrected chi connectivity index (χ4v) is 2.65. The summed E-state index contributed by atoms with van der Waals surface area (Å²) in [5.41, 5.74) is 1.36. The predicted octanol–water partition coefficient (Wildman–Crippen LogP) is 2.53. The molecule has 1 aliphatic carbocycles. The van der Waals surface area contributed by atoms with Crippen LogP contribution in [0.1, 0.15) is 36.6 Å². The van der Waals surface area contributed by atoms with Gasteiger partial charge in [-0.15, -0.1) is 0 Å². The largest absolute Gasteiger partial charge is 0.469 e. The van der Waals surface area contributed by atoms with Crippen molar-refractivity contribution >= 4 is 0 Å². The predicted molar refractivity (Wildman–Crippen MR) is 69.2 cm³/mol. The Morgan fingerprint density at radius 2 is 2.50 bits per heavy atom. The van der Waals surface area contributed by atoms with E-state index in [2.05, 4.69) is 16.5 Å². The van der Waals surface area contributed by atoms with Crippen LogP contribution in [0.25, 0.3) is 0 Å². The van der Waals surface area contributed by atoms with Gasteiger partial charge in [0.1, 0.15) is 5.76 Å². The summed E-state index contributed by atoms with van der Waals surface area (Å²) < 4.78 is 7.48. The van der Waals surface area contributed by atoms with Gasteiger partial charge in [0, 0.05) is 37.0 Å². The fraction of sp³-hybridized carbons (Fsp3) is 0.500. The quantitative estimate of drug-likeness (QED) is 0.823. The first kappa shape index (κ1) is 11.5. The lowest BCUT2D eigenvalue weighted by Gasteiger charge is -2.22. The molecule has 1 atom stereocenters. The van der Waals surface area contributed by atoms with Crippen molar-refractivity contribution in [3.05, 3.63) is 42.1 Å². The van der Waals surface area contributed by atoms with E-state index in [-0.39, 0.29) is 0 Å². The Morgan fingerprint density at radius 3 is 3.39 bits per heavy atom. The molecule has 0 aromatic carbocycles. The van der Waals surface area contributed by atoms with Crippen molar-refractivity contribution in [2.45, 2.75) is 38.3 Å². The molecule has 0 fully saturated rings. The van der Waals surface area contributed by atoms with Gasteiger partial charge in [0.2, 0.25) is 0 Å². The van der Waals surface area contributed by atoms with Gasteiger partial charge in [0.05, 0.1) is 6.26 Å². The van der Waals surface area contributed by atoms with Crippen molar-refractivity contribution < 1.29 is 4.42 Å². The molecule has 0 saturated heterocycles. The van der Waals surface area contributed by atoms with Crippen molar-refractivity contribution in [1.82, 2.24) is 15.1 Å². The second kappa shape index (κ2) is 5.40. The number of furan rings is 1. The Morgan fingerprint density at radius 1 is 1.50 bits per heavy atom. The third-order valence-electron chi connectivity index (χ3n) is 3.57. The summed E-state index contributed by atoms with van der Waals surface area (Å²) in [7, 11) is 0. The third kappa shape index (κ3) is 2.48. The van der Waals surface area contributed by atoms with Gasteiger partial charge >= 0.3 is 0 Å². The Balaban J connectivity index is 1.47. The number of rotatable bonds is 5. The molecule has 0 amide bonds. The number of nitrogens with one attached hydrogen (secondary N) is 1. The summed E-state index contributed by atoms with van der Waals surface area (Å²) in [4.78, 5) is 0. The molecular formula is C14H19N3O. The topological polar surface area (TPSA) is 43.0 Å². The second-order valence-corrected chi connectivity index (χ2v) is 4.82. The minimum atomic E-state index is 0.477. The molecule has 0 spiro atoms. The average Bonchev–Trinajstić information content (AvgIpc) is 3.05. The van der Waals surface area contributed by atoms with Crippen LogP contribution in [0.3, 0.4) is 0 Å². The molecular weight excluding hydrogens is 226 g/mol. The normalized spacial score (nSPS) is 18.8. The van der Waals surface area contributed by atoms with Gasteiger partial charge in [-0.05, 0) is 37.9 Å². The van der Waals surface area contributed by atoms with Crippen LogP contribution in [0.15, 0.2) is 35.2 Å². The van der Waals surface area contributed by atoms with Crippen LogP contribution in [0.2, 0.25) is 0 Å². The molecule has 1 N–H and O–H groups in total. The van der Waals surface area contributed by atoms with E-state index in [1.54, 1.807) is 0 Å². The van der Waals surface area contributed by atoms with Gasteiger partial charge in [-0.1, -0.05) is 0 Å². The summed E-state index contributed by atoms with van der Waals surface area (Å²) >= 11 is 0. The number of fused-ring (bicyclic) bond motifs is 1. The maximum absolute atomic E-state index is 5.50. The maximum atomic E-state index is 5.50. The van der Waals surface area contributed by atoms with Crippen LogP contribution in [0.4, 0.5) is 0 Å². The van der Waals surface area contributed by atoms with Gasteiger partial charge in [0.15, 0.2) is 0 Å². The Bertz CT molecular complexity index is 475. The first-order chi connectivity index (χ1) is 8.93. The van der Waals surface area contributed by atoms with E-state index in [0.717, 1.165) is 25.9 Å². The van der Waals surface area contributed by atoms with Gasteiger partial charge in [-0.2, -0.15) is 5.10 Å². The highest BCUT2D eigenvalue weighted by molar-refractivity contribution is 5.23. The minimum absolute atomic E-state index is 0.477. The van der Waals surface area contributed by atoms with Crippen LogP contribution in [0.5, 0.6) is 0 Å². The van der Waals surface area contributed by atoms with E-state index < -0.39 is 0 Å². The van der Waals surface area contributed by atoms with E-state index in [1.807, 2.05) is 29.4 Å². The Kier molecular flexibility index (Phi) is 3.46. The lowest BCUT2D eigenvalue weighted by atomic mass is 9.93. The first-order valence-electron chi connectivity index (χ1n) is 6.70. The third-order valence-corrected chi connectivity index (χ3v) is 3.57. The molecule has 0 saturated carbocycles. The van der Waals surface area contributed by atoms with Gasteiger partial charge in [-0.25, -0.2) is 0 Å². The molecule has 1 unspecified atom stereocenters. The number of aromatic nitrogens is 2. The Labute approximate surface area is 107 Å². The molecule has 4 heteroatoms. The number of hydrogen-bond acceptors (Lipinski definition) is 3. The summed E-state index contributed by atoms with van der Waals surface area (Å²) in [6.45, 7) is 2.00. The zero-order valence-electron chi connectivity index (χ0n) is 10.5. The van der Waals surface area contributed by atoms with Gasteiger partial charge in [-0.3, -0.25) is 4.68 Å². The highest BCUT2D eigenvalue weighted by atomic mass is 16.3. The number of nitrogens with zero attached hydrogens (tertiary/aromatic N) is 2. The minimum Gasteiger partial charge on any atom is -0.469 e. The van der Waals surface area contributed by atoms with Crippen LogP contribution < -0.4 is 5.32 Å². The molecule has 4 nitrogen and oxygen atoms in total. The van der Waals surface area contributed by atoms with Crippen molar-refractivity contribution in [3.63, 3.8) is 0 Å². The summed E-state index contributed by atoms with van der Waals surface area (Å²) in [6.07, 6.45) is 10.3. The monoisotopic (exact) mass is 245 g/mol. The van der Waals surface area contributed by atoms with E-state index in [0.29, 0.717) is 6.04 Å². The Hall–Kier alpha value is -1.55. The number of hydrogen-bond donors (Lipinski definition) is 1. The summed E-state index contributed by atoms with van der Waals surface area (Å²) in [5.74, 6) is 1.17. The van der Waals surface area contributed by atoms with E-state index in [9.17, 15) is 0 Å². The highest BCUT2D eigenvalue weighted by Crippen LogP contribution is 2.30. The zero-order valence-corrected chi connectivity index (χ0v) is 10.5. The van der Waals surface area contributed by atoms with Gasteiger partial charge < -0.3 is 9.73 Å². The molecule has 96 valence electrons. The molecule has 2 aromatic heterocycles. The van der Waals surface area contributed by atoms with Gasteiger partial charge in [0.25, 0.3) is 0 Å². The van der Waals surface area contributed by atoms with Crippen molar-refractivity contribution in [2.75, 3.05) is 6.54 Å². The lowest BCUT2D eigenvalue weighted by molar-refractivity contribution is 0.404. The summed E-state index contributed by atoms with van der Waals surface area (Å²) in [5, 5.41) is 7.83. The van der Waals surface area contributed by atoms with Crippen molar-refractivity contribution in [3.8, 4) is 0 Å². The average molecular weight is 245 g/mol. The first-order valence-corrected chi connectivity index (χ1v) is 6.70. The van der Waals surface area contributed by atoms with Crippen molar-refractivity contribution in [1.29, 1.82) is 0 Å².